The van der Waals surface area contributed by atoms with Crippen LogP contribution in [0.5, 0.6) is 0 Å². The number of carbonyl (C=O) groups excluding carboxylic acids is 3. The molecule has 1 aliphatic rings. The third-order valence-electron chi connectivity index (χ3n) is 4.39. The second kappa shape index (κ2) is 12.1. The molecule has 1 saturated heterocycles. The van der Waals surface area contributed by atoms with E-state index in [2.05, 4.69) is 5.73 Å². The fraction of sp³-hybridized carbons (Fsp3) is 0.783. The Bertz CT molecular complexity index is 629. The van der Waals surface area contributed by atoms with Gasteiger partial charge in [0.15, 0.2) is 0 Å². The fourth-order valence-corrected chi connectivity index (χ4v) is 3.31. The highest BCUT2D eigenvalue weighted by Crippen LogP contribution is 2.36. The van der Waals surface area contributed by atoms with Crippen molar-refractivity contribution in [3.8, 4) is 0 Å². The Kier molecular flexibility index (Phi) is 11.3. The second-order valence-corrected chi connectivity index (χ2v) is 9.84. The Morgan fingerprint density at radius 1 is 1.13 bits per heavy atom. The van der Waals surface area contributed by atoms with Crippen molar-refractivity contribution >= 4 is 18.0 Å². The molecule has 2 unspecified atom stereocenters. The summed E-state index contributed by atoms with van der Waals surface area (Å²) >= 11 is 0. The number of nitrogens with zero attached hydrogens (tertiary/aromatic N) is 1. The minimum absolute atomic E-state index is 0.0405. The van der Waals surface area contributed by atoms with E-state index in [-0.39, 0.29) is 17.9 Å². The summed E-state index contributed by atoms with van der Waals surface area (Å²) in [6.07, 6.45) is 4.25. The number of allylic oxidation sites excluding steroid dienone is 1. The number of nitrogens with two attached hydrogens (primary N) is 1. The van der Waals surface area contributed by atoms with Crippen LogP contribution >= 0.6 is 0 Å². The van der Waals surface area contributed by atoms with Gasteiger partial charge in [-0.25, -0.2) is 9.59 Å². The predicted octanol–water partition coefficient (Wildman–Crippen LogP) is 3.55. The van der Waals surface area contributed by atoms with Gasteiger partial charge in [0.2, 0.25) is 5.91 Å². The van der Waals surface area contributed by atoms with Crippen LogP contribution in [0.3, 0.4) is 0 Å². The standard InChI is InChI=1S/C21H37NO5.C2H5NO/c1-9-11-14-12-17(18(24)26-20(3,4)5)22(16(14)13-15(23)10-2)19(25)27-21(6,7)8;1-2(3)4/h9,11,14-17,23H,10,12-13H2,1-8H3;1H3,(H2,3,4)/t14?,15?,16-,17-;/m1./s1. The van der Waals surface area contributed by atoms with Crippen LogP contribution in [0, 0.1) is 5.92 Å². The monoisotopic (exact) mass is 442 g/mol. The van der Waals surface area contributed by atoms with Crippen LogP contribution in [0.25, 0.3) is 0 Å². The van der Waals surface area contributed by atoms with Crippen LogP contribution in [0.1, 0.15) is 81.6 Å². The molecule has 1 fully saturated rings. The second-order valence-electron chi connectivity index (χ2n) is 9.84. The van der Waals surface area contributed by atoms with Gasteiger partial charge in [-0.05, 0) is 67.7 Å². The van der Waals surface area contributed by atoms with Gasteiger partial charge in [-0.2, -0.15) is 0 Å². The van der Waals surface area contributed by atoms with Crippen molar-refractivity contribution in [2.45, 2.75) is 111 Å². The van der Waals surface area contributed by atoms with Gasteiger partial charge in [-0.15, -0.1) is 0 Å². The Balaban J connectivity index is 0.00000206. The summed E-state index contributed by atoms with van der Waals surface area (Å²) in [5, 5.41) is 10.2. The molecule has 0 aromatic heterocycles. The molecule has 31 heavy (non-hydrogen) atoms. The maximum atomic E-state index is 13.0. The summed E-state index contributed by atoms with van der Waals surface area (Å²) in [6.45, 7) is 15.9. The summed E-state index contributed by atoms with van der Waals surface area (Å²) in [5.74, 6) is -0.808. The number of hydrogen-bond acceptors (Lipinski definition) is 6. The van der Waals surface area contributed by atoms with E-state index in [1.807, 2.05) is 26.0 Å². The number of esters is 1. The Morgan fingerprint density at radius 2 is 1.61 bits per heavy atom. The lowest BCUT2D eigenvalue weighted by atomic mass is 9.93. The van der Waals surface area contributed by atoms with Gasteiger partial charge < -0.3 is 20.3 Å². The first-order valence-electron chi connectivity index (χ1n) is 10.8. The highest BCUT2D eigenvalue weighted by Gasteiger charge is 2.49. The molecular weight excluding hydrogens is 400 g/mol. The molecule has 180 valence electrons. The average molecular weight is 443 g/mol. The van der Waals surface area contributed by atoms with Gasteiger partial charge >= 0.3 is 12.1 Å². The van der Waals surface area contributed by atoms with Crippen LogP contribution < -0.4 is 5.73 Å². The van der Waals surface area contributed by atoms with E-state index in [1.165, 1.54) is 11.8 Å². The molecule has 0 aliphatic carbocycles. The predicted molar refractivity (Wildman–Crippen MR) is 120 cm³/mol. The van der Waals surface area contributed by atoms with Crippen molar-refractivity contribution in [3.63, 3.8) is 0 Å². The summed E-state index contributed by atoms with van der Waals surface area (Å²) in [7, 11) is 0. The van der Waals surface area contributed by atoms with Crippen molar-refractivity contribution in [3.05, 3.63) is 12.2 Å². The zero-order valence-electron chi connectivity index (χ0n) is 20.6. The molecular formula is C23H42N2O6. The molecule has 1 heterocycles. The number of likely N-dealkylation sites (tertiary alicyclic amines) is 1. The number of aliphatic hydroxyl groups is 1. The Morgan fingerprint density at radius 3 is 2.00 bits per heavy atom. The first-order chi connectivity index (χ1) is 14.0. The lowest BCUT2D eigenvalue weighted by Crippen LogP contribution is -2.50. The van der Waals surface area contributed by atoms with E-state index in [0.29, 0.717) is 19.3 Å². The minimum atomic E-state index is -0.727. The first-order valence-corrected chi connectivity index (χ1v) is 10.8. The molecule has 8 nitrogen and oxygen atoms in total. The molecule has 0 aromatic carbocycles. The van der Waals surface area contributed by atoms with Crippen molar-refractivity contribution in [1.29, 1.82) is 0 Å². The topological polar surface area (TPSA) is 119 Å². The first kappa shape index (κ1) is 28.9. The highest BCUT2D eigenvalue weighted by atomic mass is 16.6. The summed E-state index contributed by atoms with van der Waals surface area (Å²) in [5.41, 5.74) is 3.15. The lowest BCUT2D eigenvalue weighted by molar-refractivity contribution is -0.160. The van der Waals surface area contributed by atoms with Crippen LogP contribution in [0.2, 0.25) is 0 Å². The minimum Gasteiger partial charge on any atom is -0.458 e. The molecule has 0 saturated carbocycles. The number of hydrogen-bond donors (Lipinski definition) is 2. The van der Waals surface area contributed by atoms with E-state index >= 15 is 0 Å². The Labute approximate surface area is 187 Å². The molecule has 1 rings (SSSR count). The number of carbonyl (C=O) groups is 3. The van der Waals surface area contributed by atoms with Crippen molar-refractivity contribution in [2.24, 2.45) is 11.7 Å². The van der Waals surface area contributed by atoms with Crippen molar-refractivity contribution < 1.29 is 29.0 Å². The quantitative estimate of drug-likeness (QED) is 0.496. The summed E-state index contributed by atoms with van der Waals surface area (Å²) in [6, 6.07) is -1.04. The van der Waals surface area contributed by atoms with Gasteiger partial charge in [-0.3, -0.25) is 9.69 Å². The van der Waals surface area contributed by atoms with Crippen LogP contribution in [0.15, 0.2) is 12.2 Å². The van der Waals surface area contributed by atoms with E-state index in [9.17, 15) is 19.5 Å². The molecule has 0 radical (unpaired) electrons. The van der Waals surface area contributed by atoms with E-state index in [4.69, 9.17) is 9.47 Å². The van der Waals surface area contributed by atoms with Crippen LogP contribution in [0.4, 0.5) is 4.79 Å². The van der Waals surface area contributed by atoms with Gasteiger partial charge in [-0.1, -0.05) is 19.1 Å². The largest absolute Gasteiger partial charge is 0.458 e. The van der Waals surface area contributed by atoms with E-state index in [0.717, 1.165) is 0 Å². The van der Waals surface area contributed by atoms with E-state index in [1.54, 1.807) is 41.5 Å². The van der Waals surface area contributed by atoms with Gasteiger partial charge in [0, 0.05) is 18.9 Å². The van der Waals surface area contributed by atoms with Gasteiger partial charge in [0.1, 0.15) is 17.2 Å². The SMILES string of the molecule is CC(N)=O.CC=CC1C[C@H](C(=O)OC(C)(C)C)N(C(=O)OC(C)(C)C)[C@@H]1CC(O)CC. The molecule has 3 N–H and O–H groups in total. The summed E-state index contributed by atoms with van der Waals surface area (Å²) in [4.78, 5) is 36.5. The smallest absolute Gasteiger partial charge is 0.411 e. The third kappa shape index (κ3) is 11.2. The zero-order chi connectivity index (χ0) is 24.6. The fourth-order valence-electron chi connectivity index (χ4n) is 3.31. The maximum Gasteiger partial charge on any atom is 0.411 e. The van der Waals surface area contributed by atoms with Gasteiger partial charge in [0.05, 0.1) is 6.10 Å². The number of aliphatic hydroxyl groups excluding tert-OH is 1. The average Bonchev–Trinajstić information content (AvgIpc) is 2.90. The number of primary amides is 1. The molecule has 1 aliphatic heterocycles. The van der Waals surface area contributed by atoms with Gasteiger partial charge in [0.25, 0.3) is 0 Å². The molecule has 0 aromatic rings. The molecule has 2 amide bonds. The van der Waals surface area contributed by atoms with Crippen LogP contribution in [-0.4, -0.2) is 57.4 Å². The molecule has 0 bridgehead atoms. The summed E-state index contributed by atoms with van der Waals surface area (Å²) < 4.78 is 11.1. The van der Waals surface area contributed by atoms with Crippen molar-refractivity contribution in [1.82, 2.24) is 4.90 Å². The van der Waals surface area contributed by atoms with E-state index < -0.39 is 35.4 Å². The Hall–Kier alpha value is -2.09. The molecule has 8 heteroatoms. The zero-order valence-corrected chi connectivity index (χ0v) is 20.6. The van der Waals surface area contributed by atoms with Crippen molar-refractivity contribution in [2.75, 3.05) is 0 Å². The molecule has 0 spiro atoms. The molecule has 4 atom stereocenters. The number of ether oxygens (including phenoxy) is 2. The highest BCUT2D eigenvalue weighted by molar-refractivity contribution is 5.83. The lowest BCUT2D eigenvalue weighted by Gasteiger charge is -2.34. The van der Waals surface area contributed by atoms with Crippen LogP contribution in [-0.2, 0) is 19.1 Å². The number of rotatable bonds is 5. The third-order valence-corrected chi connectivity index (χ3v) is 4.39. The maximum absolute atomic E-state index is 13.0. The normalized spacial score (nSPS) is 22.5. The number of amides is 2.